The van der Waals surface area contributed by atoms with E-state index in [4.69, 9.17) is 9.15 Å². The topological polar surface area (TPSA) is 75.5 Å². The summed E-state index contributed by atoms with van der Waals surface area (Å²) in [5.41, 5.74) is 2.29. The van der Waals surface area contributed by atoms with Crippen LogP contribution in [0.15, 0.2) is 64.6 Å². The first-order valence-corrected chi connectivity index (χ1v) is 9.84. The minimum atomic E-state index is 0. The Hall–Kier alpha value is -3.03. The summed E-state index contributed by atoms with van der Waals surface area (Å²) in [6.45, 7) is 3.86. The van der Waals surface area contributed by atoms with Gasteiger partial charge in [-0.15, -0.1) is 12.4 Å². The lowest BCUT2D eigenvalue weighted by Gasteiger charge is -2.15. The monoisotopic (exact) mass is 426 g/mol. The van der Waals surface area contributed by atoms with Gasteiger partial charge in [-0.3, -0.25) is 4.90 Å². The predicted molar refractivity (Wildman–Crippen MR) is 116 cm³/mol. The molecule has 4 heterocycles. The molecule has 1 aromatic carbocycles. The second-order valence-corrected chi connectivity index (χ2v) is 7.27. The molecular formula is C22H23ClN4O3. The smallest absolute Gasteiger partial charge is 0.155 e. The van der Waals surface area contributed by atoms with E-state index in [0.29, 0.717) is 34.4 Å². The first kappa shape index (κ1) is 20.3. The van der Waals surface area contributed by atoms with Gasteiger partial charge >= 0.3 is 0 Å². The molecule has 0 aliphatic carbocycles. The number of nitrogens with zero attached hydrogens (tertiary/aromatic N) is 4. The molecular weight excluding hydrogens is 404 g/mol. The maximum Gasteiger partial charge on any atom is 0.155 e. The van der Waals surface area contributed by atoms with Crippen LogP contribution >= 0.6 is 12.4 Å². The minimum absolute atomic E-state index is 0. The summed E-state index contributed by atoms with van der Waals surface area (Å²) in [6.07, 6.45) is 6.21. The van der Waals surface area contributed by atoms with Crippen molar-refractivity contribution in [3.05, 3.63) is 60.3 Å². The van der Waals surface area contributed by atoms with Crippen molar-refractivity contribution >= 4 is 28.9 Å². The Kier molecular flexibility index (Phi) is 5.92. The minimum Gasteiger partial charge on any atom is -0.492 e. The molecule has 30 heavy (non-hydrogen) atoms. The third kappa shape index (κ3) is 3.99. The molecule has 8 heteroatoms. The van der Waals surface area contributed by atoms with Crippen LogP contribution in [0, 0.1) is 0 Å². The summed E-state index contributed by atoms with van der Waals surface area (Å²) in [5, 5.41) is 14.1. The molecule has 3 aromatic heterocycles. The van der Waals surface area contributed by atoms with Gasteiger partial charge in [-0.1, -0.05) is 5.16 Å². The molecule has 5 rings (SSSR count). The van der Waals surface area contributed by atoms with Gasteiger partial charge < -0.3 is 18.8 Å². The van der Waals surface area contributed by atoms with Gasteiger partial charge in [0.15, 0.2) is 5.76 Å². The second-order valence-electron chi connectivity index (χ2n) is 7.27. The van der Waals surface area contributed by atoms with E-state index < -0.39 is 0 Å². The van der Waals surface area contributed by atoms with Gasteiger partial charge in [-0.05, 0) is 62.3 Å². The number of hydrogen-bond donors (Lipinski definition) is 1. The summed E-state index contributed by atoms with van der Waals surface area (Å²) >= 11 is 0. The highest BCUT2D eigenvalue weighted by molar-refractivity contribution is 5.85. The molecule has 0 bridgehead atoms. The van der Waals surface area contributed by atoms with Crippen molar-refractivity contribution in [2.45, 2.75) is 12.8 Å². The Morgan fingerprint density at radius 2 is 2.00 bits per heavy atom. The lowest BCUT2D eigenvalue weighted by Crippen LogP contribution is -2.25. The number of ether oxygens (including phenoxy) is 1. The van der Waals surface area contributed by atoms with Crippen molar-refractivity contribution in [2.24, 2.45) is 5.16 Å². The molecule has 1 N–H and O–H groups in total. The van der Waals surface area contributed by atoms with Crippen LogP contribution in [0.3, 0.4) is 0 Å². The molecule has 4 aromatic rings. The first-order valence-electron chi connectivity index (χ1n) is 9.84. The Labute approximate surface area is 179 Å². The molecule has 0 radical (unpaired) electrons. The third-order valence-corrected chi connectivity index (χ3v) is 5.37. The summed E-state index contributed by atoms with van der Waals surface area (Å²) in [6, 6.07) is 13.2. The zero-order valence-electron chi connectivity index (χ0n) is 16.4. The van der Waals surface area contributed by atoms with Gasteiger partial charge in [-0.2, -0.15) is 0 Å². The summed E-state index contributed by atoms with van der Waals surface area (Å²) < 4.78 is 13.9. The number of fused-ring (bicyclic) bond motifs is 2. The summed E-state index contributed by atoms with van der Waals surface area (Å²) in [7, 11) is 0. The summed E-state index contributed by atoms with van der Waals surface area (Å²) in [4.78, 5) is 6.85. The van der Waals surface area contributed by atoms with E-state index in [1.54, 1.807) is 12.4 Å². The van der Waals surface area contributed by atoms with E-state index >= 15 is 0 Å². The molecule has 156 valence electrons. The van der Waals surface area contributed by atoms with Crippen LogP contribution in [-0.4, -0.2) is 45.7 Å². The van der Waals surface area contributed by atoms with E-state index in [0.717, 1.165) is 30.9 Å². The number of halogens is 1. The zero-order valence-corrected chi connectivity index (χ0v) is 17.2. The molecule has 1 fully saturated rings. The van der Waals surface area contributed by atoms with Crippen LogP contribution in [0.5, 0.6) is 5.75 Å². The zero-order chi connectivity index (χ0) is 19.6. The molecule has 0 atom stereocenters. The SMILES string of the molecule is Cl.O/N=c1/cc(-c2cc3cccn3cn2)oc2ccc(OCCN3CCCC3)cc12. The van der Waals surface area contributed by atoms with E-state index in [9.17, 15) is 5.21 Å². The van der Waals surface area contributed by atoms with Gasteiger partial charge in [-0.25, -0.2) is 4.98 Å². The predicted octanol–water partition coefficient (Wildman–Crippen LogP) is 3.93. The van der Waals surface area contributed by atoms with E-state index in [1.165, 1.54) is 12.8 Å². The van der Waals surface area contributed by atoms with Crippen LogP contribution < -0.4 is 10.1 Å². The fourth-order valence-corrected chi connectivity index (χ4v) is 3.82. The van der Waals surface area contributed by atoms with Gasteiger partial charge in [0, 0.05) is 24.3 Å². The first-order chi connectivity index (χ1) is 14.3. The van der Waals surface area contributed by atoms with E-state index in [1.807, 2.05) is 47.0 Å². The normalized spacial score (nSPS) is 15.0. The number of aromatic nitrogens is 2. The lowest BCUT2D eigenvalue weighted by atomic mass is 10.2. The molecule has 7 nitrogen and oxygen atoms in total. The fourth-order valence-electron chi connectivity index (χ4n) is 3.82. The highest BCUT2D eigenvalue weighted by Crippen LogP contribution is 2.24. The van der Waals surface area contributed by atoms with Crippen LogP contribution in [0.25, 0.3) is 27.9 Å². The van der Waals surface area contributed by atoms with Crippen molar-refractivity contribution in [1.29, 1.82) is 0 Å². The largest absolute Gasteiger partial charge is 0.492 e. The van der Waals surface area contributed by atoms with Gasteiger partial charge in [0.2, 0.25) is 0 Å². The second kappa shape index (κ2) is 8.77. The maximum atomic E-state index is 9.57. The average molecular weight is 427 g/mol. The van der Waals surface area contributed by atoms with Crippen molar-refractivity contribution < 1.29 is 14.4 Å². The van der Waals surface area contributed by atoms with Crippen LogP contribution in [0.4, 0.5) is 0 Å². The van der Waals surface area contributed by atoms with Gasteiger partial charge in [0.05, 0.1) is 11.7 Å². The summed E-state index contributed by atoms with van der Waals surface area (Å²) in [5.74, 6) is 1.27. The number of hydrogen-bond acceptors (Lipinski definition) is 6. The number of likely N-dealkylation sites (tertiary alicyclic amines) is 1. The molecule has 0 unspecified atom stereocenters. The Bertz CT molecular complexity index is 1230. The molecule has 1 saturated heterocycles. The Morgan fingerprint density at radius 3 is 2.83 bits per heavy atom. The van der Waals surface area contributed by atoms with Crippen molar-refractivity contribution in [2.75, 3.05) is 26.2 Å². The van der Waals surface area contributed by atoms with Crippen molar-refractivity contribution in [1.82, 2.24) is 14.3 Å². The van der Waals surface area contributed by atoms with Crippen LogP contribution in [-0.2, 0) is 0 Å². The van der Waals surface area contributed by atoms with Gasteiger partial charge in [0.25, 0.3) is 0 Å². The molecule has 0 spiro atoms. The van der Waals surface area contributed by atoms with Crippen molar-refractivity contribution in [3.63, 3.8) is 0 Å². The maximum absolute atomic E-state index is 9.57. The Morgan fingerprint density at radius 1 is 1.13 bits per heavy atom. The molecule has 0 saturated carbocycles. The fraction of sp³-hybridized carbons (Fsp3) is 0.273. The van der Waals surface area contributed by atoms with Crippen LogP contribution in [0.1, 0.15) is 12.8 Å². The lowest BCUT2D eigenvalue weighted by molar-refractivity contribution is 0.238. The molecule has 1 aliphatic rings. The Balaban J connectivity index is 0.00000218. The standard InChI is InChI=1S/C22H22N4O3.ClH/c27-24-19-14-22(20-12-16-4-3-9-26(16)15-23-20)29-21-6-5-17(13-18(19)21)28-11-10-25-7-1-2-8-25;/h3-6,9,12-15,27H,1-2,7-8,10-11H2;1H/b24-19-;. The average Bonchev–Trinajstić information content (AvgIpc) is 3.44. The van der Waals surface area contributed by atoms with Crippen molar-refractivity contribution in [3.8, 4) is 17.2 Å². The number of rotatable bonds is 5. The highest BCUT2D eigenvalue weighted by Gasteiger charge is 2.12. The van der Waals surface area contributed by atoms with Gasteiger partial charge in [0.1, 0.15) is 29.0 Å². The molecule has 1 aliphatic heterocycles. The quantitative estimate of drug-likeness (QED) is 0.386. The van der Waals surface area contributed by atoms with E-state index in [-0.39, 0.29) is 12.4 Å². The third-order valence-electron chi connectivity index (χ3n) is 5.37. The van der Waals surface area contributed by atoms with E-state index in [2.05, 4.69) is 15.0 Å². The van der Waals surface area contributed by atoms with Crippen LogP contribution in [0.2, 0.25) is 0 Å². The molecule has 0 amide bonds. The highest BCUT2D eigenvalue weighted by atomic mass is 35.5. The number of benzene rings is 1.